The average molecular weight is 217 g/mol. The van der Waals surface area contributed by atoms with Crippen LogP contribution in [0.5, 0.6) is 11.5 Å². The average Bonchev–Trinajstić information content (AvgIpc) is 2.76. The van der Waals surface area contributed by atoms with Crippen molar-refractivity contribution in [2.75, 3.05) is 18.7 Å². The molecule has 1 aromatic rings. The fourth-order valence-corrected chi connectivity index (χ4v) is 2.43. The van der Waals surface area contributed by atoms with Crippen molar-refractivity contribution in [3.05, 3.63) is 30.0 Å². The van der Waals surface area contributed by atoms with Crippen LogP contribution in [0.2, 0.25) is 0 Å². The maximum atomic E-state index is 5.42. The molecule has 2 heterocycles. The van der Waals surface area contributed by atoms with Gasteiger partial charge in [0.15, 0.2) is 11.5 Å². The van der Waals surface area contributed by atoms with Gasteiger partial charge in [0.05, 0.1) is 0 Å². The van der Waals surface area contributed by atoms with E-state index >= 15 is 0 Å². The lowest BCUT2D eigenvalue weighted by molar-refractivity contribution is 0.174. The second-order valence-corrected chi connectivity index (χ2v) is 4.85. The van der Waals surface area contributed by atoms with Crippen LogP contribution in [-0.4, -0.2) is 13.8 Å². The number of allylic oxidation sites excluding steroid dienone is 1. The fourth-order valence-electron chi connectivity index (χ4n) is 2.43. The minimum absolute atomic E-state index is 0.0366. The summed E-state index contributed by atoms with van der Waals surface area (Å²) in [6, 6.07) is 4.12. The number of anilines is 1. The predicted molar refractivity (Wildman–Crippen MR) is 63.1 cm³/mol. The molecule has 0 aromatic heterocycles. The molecule has 3 nitrogen and oxygen atoms in total. The van der Waals surface area contributed by atoms with Crippen LogP contribution >= 0.6 is 0 Å². The zero-order valence-electron chi connectivity index (χ0n) is 9.83. The van der Waals surface area contributed by atoms with Crippen molar-refractivity contribution in [3.8, 4) is 11.5 Å². The van der Waals surface area contributed by atoms with Gasteiger partial charge in [-0.1, -0.05) is 20.4 Å². The molecule has 0 aliphatic carbocycles. The van der Waals surface area contributed by atoms with E-state index in [1.54, 1.807) is 0 Å². The molecule has 0 saturated heterocycles. The molecule has 0 bridgehead atoms. The van der Waals surface area contributed by atoms with Crippen LogP contribution in [0.1, 0.15) is 19.4 Å². The quantitative estimate of drug-likeness (QED) is 0.667. The van der Waals surface area contributed by atoms with Crippen molar-refractivity contribution in [1.82, 2.24) is 0 Å². The fraction of sp³-hybridized carbons (Fsp3) is 0.385. The van der Waals surface area contributed by atoms with Gasteiger partial charge in [-0.2, -0.15) is 0 Å². The van der Waals surface area contributed by atoms with Gasteiger partial charge in [-0.15, -0.1) is 0 Å². The van der Waals surface area contributed by atoms with Gasteiger partial charge in [-0.05, 0) is 11.6 Å². The van der Waals surface area contributed by atoms with Crippen molar-refractivity contribution >= 4 is 5.69 Å². The minimum atomic E-state index is -0.0366. The standard InChI is InChI=1S/C13H15NO2/c1-8-13(2,3)9-5-11-12(16-7-15-11)6-10(9)14(8)4/h5-6H,1,7H2,2-4H3. The Bertz CT molecular complexity index is 491. The van der Waals surface area contributed by atoms with Gasteiger partial charge in [0.2, 0.25) is 6.79 Å². The van der Waals surface area contributed by atoms with E-state index in [1.165, 1.54) is 11.3 Å². The maximum absolute atomic E-state index is 5.42. The van der Waals surface area contributed by atoms with Gasteiger partial charge in [-0.25, -0.2) is 0 Å². The van der Waals surface area contributed by atoms with E-state index in [9.17, 15) is 0 Å². The molecule has 2 aliphatic rings. The van der Waals surface area contributed by atoms with Crippen LogP contribution in [0.25, 0.3) is 0 Å². The summed E-state index contributed by atoms with van der Waals surface area (Å²) in [4.78, 5) is 2.12. The van der Waals surface area contributed by atoms with E-state index in [-0.39, 0.29) is 5.41 Å². The molecule has 0 atom stereocenters. The molecular weight excluding hydrogens is 202 g/mol. The lowest BCUT2D eigenvalue weighted by atomic mass is 9.84. The molecule has 3 rings (SSSR count). The number of rotatable bonds is 0. The van der Waals surface area contributed by atoms with Gasteiger partial charge in [-0.3, -0.25) is 0 Å². The Morgan fingerprint density at radius 1 is 1.25 bits per heavy atom. The number of hydrogen-bond donors (Lipinski definition) is 0. The van der Waals surface area contributed by atoms with Gasteiger partial charge in [0.1, 0.15) is 0 Å². The van der Waals surface area contributed by atoms with Crippen LogP contribution in [0, 0.1) is 0 Å². The van der Waals surface area contributed by atoms with Crippen molar-refractivity contribution in [2.24, 2.45) is 0 Å². The minimum Gasteiger partial charge on any atom is -0.454 e. The lowest BCUT2D eigenvalue weighted by Gasteiger charge is -2.22. The summed E-state index contributed by atoms with van der Waals surface area (Å²) in [6.45, 7) is 8.83. The normalized spacial score (nSPS) is 20.2. The van der Waals surface area contributed by atoms with E-state index in [0.717, 1.165) is 17.2 Å². The van der Waals surface area contributed by atoms with Gasteiger partial charge in [0, 0.05) is 29.9 Å². The largest absolute Gasteiger partial charge is 0.454 e. The topological polar surface area (TPSA) is 21.7 Å². The van der Waals surface area contributed by atoms with Gasteiger partial charge in [0.25, 0.3) is 0 Å². The van der Waals surface area contributed by atoms with Crippen LogP contribution in [0.3, 0.4) is 0 Å². The molecule has 2 aliphatic heterocycles. The second-order valence-electron chi connectivity index (χ2n) is 4.85. The van der Waals surface area contributed by atoms with Crippen LogP contribution in [-0.2, 0) is 5.41 Å². The summed E-state index contributed by atoms with van der Waals surface area (Å²) >= 11 is 0. The highest BCUT2D eigenvalue weighted by atomic mass is 16.7. The monoisotopic (exact) mass is 217 g/mol. The molecule has 0 amide bonds. The smallest absolute Gasteiger partial charge is 0.231 e. The summed E-state index contributed by atoms with van der Waals surface area (Å²) in [7, 11) is 2.04. The Hall–Kier alpha value is -1.64. The SMILES string of the molecule is C=C1N(C)c2cc3c(cc2C1(C)C)OCO3. The Morgan fingerprint density at radius 2 is 1.88 bits per heavy atom. The van der Waals surface area contributed by atoms with E-state index < -0.39 is 0 Å². The molecular formula is C13H15NO2. The summed E-state index contributed by atoms with van der Waals surface area (Å²) in [5.74, 6) is 1.67. The molecule has 0 N–H and O–H groups in total. The van der Waals surface area contributed by atoms with Crippen LogP contribution in [0.4, 0.5) is 5.69 Å². The Balaban J connectivity index is 2.25. The Morgan fingerprint density at radius 3 is 2.56 bits per heavy atom. The molecule has 16 heavy (non-hydrogen) atoms. The van der Waals surface area contributed by atoms with Crippen LogP contribution < -0.4 is 14.4 Å². The highest BCUT2D eigenvalue weighted by Gasteiger charge is 2.39. The predicted octanol–water partition coefficient (Wildman–Crippen LogP) is 2.66. The first-order valence-corrected chi connectivity index (χ1v) is 5.39. The maximum Gasteiger partial charge on any atom is 0.231 e. The lowest BCUT2D eigenvalue weighted by Crippen LogP contribution is -2.21. The zero-order chi connectivity index (χ0) is 11.5. The Labute approximate surface area is 95.3 Å². The molecule has 1 aromatic carbocycles. The van der Waals surface area contributed by atoms with Crippen molar-refractivity contribution < 1.29 is 9.47 Å². The number of nitrogens with zero attached hydrogens (tertiary/aromatic N) is 1. The summed E-state index contributed by atoms with van der Waals surface area (Å²) in [6.07, 6.45) is 0. The number of fused-ring (bicyclic) bond motifs is 2. The highest BCUT2D eigenvalue weighted by Crippen LogP contribution is 2.50. The van der Waals surface area contributed by atoms with E-state index in [2.05, 4.69) is 31.4 Å². The van der Waals surface area contributed by atoms with E-state index in [1.807, 2.05) is 13.1 Å². The number of ether oxygens (including phenoxy) is 2. The molecule has 3 heteroatoms. The molecule has 0 unspecified atom stereocenters. The first-order chi connectivity index (χ1) is 7.51. The summed E-state index contributed by atoms with van der Waals surface area (Å²) in [5, 5.41) is 0. The van der Waals surface area contributed by atoms with Crippen LogP contribution in [0.15, 0.2) is 24.4 Å². The third-order valence-electron chi connectivity index (χ3n) is 3.65. The summed E-state index contributed by atoms with van der Waals surface area (Å²) in [5.41, 5.74) is 3.49. The van der Waals surface area contributed by atoms with Crippen molar-refractivity contribution in [2.45, 2.75) is 19.3 Å². The number of benzene rings is 1. The number of hydrogen-bond acceptors (Lipinski definition) is 3. The molecule has 0 spiro atoms. The van der Waals surface area contributed by atoms with E-state index in [0.29, 0.717) is 6.79 Å². The highest BCUT2D eigenvalue weighted by molar-refractivity contribution is 5.73. The third kappa shape index (κ3) is 0.979. The Kier molecular flexibility index (Phi) is 1.63. The molecule has 0 fully saturated rings. The van der Waals surface area contributed by atoms with Crippen molar-refractivity contribution in [1.29, 1.82) is 0 Å². The first kappa shape index (κ1) is 9.58. The van der Waals surface area contributed by atoms with Crippen molar-refractivity contribution in [3.63, 3.8) is 0 Å². The molecule has 84 valence electrons. The molecule has 0 saturated carbocycles. The summed E-state index contributed by atoms with van der Waals surface area (Å²) < 4.78 is 10.8. The molecule has 0 radical (unpaired) electrons. The number of likely N-dealkylation sites (N-methyl/N-ethyl adjacent to an activating group) is 1. The second kappa shape index (κ2) is 2.73. The van der Waals surface area contributed by atoms with E-state index in [4.69, 9.17) is 9.47 Å². The van der Waals surface area contributed by atoms with Gasteiger partial charge >= 0.3 is 0 Å². The van der Waals surface area contributed by atoms with Gasteiger partial charge < -0.3 is 14.4 Å². The first-order valence-electron chi connectivity index (χ1n) is 5.39. The third-order valence-corrected chi connectivity index (χ3v) is 3.65. The zero-order valence-corrected chi connectivity index (χ0v) is 9.83.